The van der Waals surface area contributed by atoms with E-state index in [1.165, 1.54) is 0 Å². The summed E-state index contributed by atoms with van der Waals surface area (Å²) in [6.07, 6.45) is 2.19. The standard InChI is InChI=1S/C15H18N2O3/c18-14-4-2-11-7-12(1-3-13(11)17-14)15(19)16-8-10-5-6-20-9-10/h1,3,7,10H,2,4-6,8-9H2,(H,16,19)(H,17,18)/t10-/m0/s1. The van der Waals surface area contributed by atoms with Crippen molar-refractivity contribution in [2.24, 2.45) is 5.92 Å². The Morgan fingerprint density at radius 3 is 3.10 bits per heavy atom. The number of rotatable bonds is 3. The van der Waals surface area contributed by atoms with E-state index >= 15 is 0 Å². The van der Waals surface area contributed by atoms with E-state index in [-0.39, 0.29) is 11.8 Å². The Balaban J connectivity index is 1.64. The first kappa shape index (κ1) is 13.1. The summed E-state index contributed by atoms with van der Waals surface area (Å²) in [5, 5.41) is 5.77. The highest BCUT2D eigenvalue weighted by Gasteiger charge is 2.19. The topological polar surface area (TPSA) is 67.4 Å². The quantitative estimate of drug-likeness (QED) is 0.874. The Hall–Kier alpha value is -1.88. The number of fused-ring (bicyclic) bond motifs is 1. The Labute approximate surface area is 117 Å². The van der Waals surface area contributed by atoms with E-state index in [0.29, 0.717) is 30.9 Å². The first-order valence-electron chi connectivity index (χ1n) is 7.01. The number of carbonyl (C=O) groups is 2. The smallest absolute Gasteiger partial charge is 0.251 e. The van der Waals surface area contributed by atoms with Gasteiger partial charge in [0.2, 0.25) is 5.91 Å². The lowest BCUT2D eigenvalue weighted by atomic mass is 10.00. The molecule has 1 fully saturated rings. The minimum absolute atomic E-state index is 0.0379. The van der Waals surface area contributed by atoms with Crippen LogP contribution in [0.1, 0.15) is 28.8 Å². The van der Waals surface area contributed by atoms with Crippen LogP contribution in [0.4, 0.5) is 5.69 Å². The zero-order chi connectivity index (χ0) is 13.9. The lowest BCUT2D eigenvalue weighted by molar-refractivity contribution is -0.116. The zero-order valence-electron chi connectivity index (χ0n) is 11.3. The first-order valence-corrected chi connectivity index (χ1v) is 7.01. The maximum atomic E-state index is 12.1. The van der Waals surface area contributed by atoms with E-state index in [1.807, 2.05) is 6.07 Å². The predicted molar refractivity (Wildman–Crippen MR) is 74.7 cm³/mol. The molecule has 5 heteroatoms. The molecule has 0 aliphatic carbocycles. The van der Waals surface area contributed by atoms with Crippen molar-refractivity contribution in [2.45, 2.75) is 19.3 Å². The first-order chi connectivity index (χ1) is 9.72. The largest absolute Gasteiger partial charge is 0.381 e. The van der Waals surface area contributed by atoms with Crippen LogP contribution in [0.15, 0.2) is 18.2 Å². The summed E-state index contributed by atoms with van der Waals surface area (Å²) in [5.41, 5.74) is 2.50. The minimum Gasteiger partial charge on any atom is -0.381 e. The van der Waals surface area contributed by atoms with Gasteiger partial charge in [0.15, 0.2) is 0 Å². The van der Waals surface area contributed by atoms with Gasteiger partial charge in [-0.3, -0.25) is 9.59 Å². The van der Waals surface area contributed by atoms with Crippen molar-refractivity contribution >= 4 is 17.5 Å². The molecule has 106 valence electrons. The third-order valence-electron chi connectivity index (χ3n) is 3.84. The molecule has 1 aromatic rings. The van der Waals surface area contributed by atoms with Gasteiger partial charge in [0.1, 0.15) is 0 Å². The molecule has 0 unspecified atom stereocenters. The van der Waals surface area contributed by atoms with Gasteiger partial charge in [0.25, 0.3) is 5.91 Å². The molecule has 3 rings (SSSR count). The summed E-state index contributed by atoms with van der Waals surface area (Å²) in [6, 6.07) is 5.43. The zero-order valence-corrected chi connectivity index (χ0v) is 11.3. The molecule has 0 radical (unpaired) electrons. The number of carbonyl (C=O) groups excluding carboxylic acids is 2. The van der Waals surface area contributed by atoms with E-state index in [2.05, 4.69) is 10.6 Å². The fourth-order valence-corrected chi connectivity index (χ4v) is 2.61. The van der Waals surface area contributed by atoms with E-state index in [9.17, 15) is 9.59 Å². The van der Waals surface area contributed by atoms with Crippen LogP contribution >= 0.6 is 0 Å². The third-order valence-corrected chi connectivity index (χ3v) is 3.84. The van der Waals surface area contributed by atoms with Crippen LogP contribution in [0, 0.1) is 5.92 Å². The van der Waals surface area contributed by atoms with Gasteiger partial charge in [-0.1, -0.05) is 0 Å². The summed E-state index contributed by atoms with van der Waals surface area (Å²) in [5.74, 6) is 0.406. The van der Waals surface area contributed by atoms with Crippen LogP contribution in [0.5, 0.6) is 0 Å². The van der Waals surface area contributed by atoms with E-state index in [1.54, 1.807) is 12.1 Å². The molecule has 0 saturated carbocycles. The molecule has 20 heavy (non-hydrogen) atoms. The number of nitrogens with one attached hydrogen (secondary N) is 2. The Morgan fingerprint density at radius 2 is 2.30 bits per heavy atom. The van der Waals surface area contributed by atoms with Gasteiger partial charge in [0, 0.05) is 36.7 Å². The summed E-state index contributed by atoms with van der Waals surface area (Å²) in [6.45, 7) is 2.18. The molecular weight excluding hydrogens is 256 g/mol. The third kappa shape index (κ3) is 2.82. The van der Waals surface area contributed by atoms with E-state index < -0.39 is 0 Å². The van der Waals surface area contributed by atoms with Gasteiger partial charge in [-0.15, -0.1) is 0 Å². The van der Waals surface area contributed by atoms with Gasteiger partial charge < -0.3 is 15.4 Å². The molecule has 1 aromatic carbocycles. The van der Waals surface area contributed by atoms with Crippen LogP contribution in [0.3, 0.4) is 0 Å². The van der Waals surface area contributed by atoms with Gasteiger partial charge in [-0.2, -0.15) is 0 Å². The fourth-order valence-electron chi connectivity index (χ4n) is 2.61. The van der Waals surface area contributed by atoms with Crippen molar-refractivity contribution in [1.29, 1.82) is 0 Å². The molecule has 0 aromatic heterocycles. The second-order valence-electron chi connectivity index (χ2n) is 5.36. The van der Waals surface area contributed by atoms with Crippen molar-refractivity contribution in [3.63, 3.8) is 0 Å². The molecule has 0 bridgehead atoms. The van der Waals surface area contributed by atoms with Crippen molar-refractivity contribution in [1.82, 2.24) is 5.32 Å². The summed E-state index contributed by atoms with van der Waals surface area (Å²) in [7, 11) is 0. The summed E-state index contributed by atoms with van der Waals surface area (Å²) in [4.78, 5) is 23.4. The van der Waals surface area contributed by atoms with Gasteiger partial charge in [-0.25, -0.2) is 0 Å². The maximum Gasteiger partial charge on any atom is 0.251 e. The van der Waals surface area contributed by atoms with Crippen LogP contribution < -0.4 is 10.6 Å². The molecule has 2 amide bonds. The highest BCUT2D eigenvalue weighted by molar-refractivity contribution is 5.97. The molecular formula is C15H18N2O3. The maximum absolute atomic E-state index is 12.1. The Morgan fingerprint density at radius 1 is 1.40 bits per heavy atom. The number of hydrogen-bond donors (Lipinski definition) is 2. The molecule has 1 saturated heterocycles. The SMILES string of the molecule is O=C1CCc2cc(C(=O)NC[C@@H]3CCOC3)ccc2N1. The molecule has 2 heterocycles. The van der Waals surface area contributed by atoms with Gasteiger partial charge in [0.05, 0.1) is 6.61 Å². The molecule has 2 N–H and O–H groups in total. The number of hydrogen-bond acceptors (Lipinski definition) is 3. The molecule has 5 nitrogen and oxygen atoms in total. The number of aryl methyl sites for hydroxylation is 1. The lowest BCUT2D eigenvalue weighted by Crippen LogP contribution is -2.29. The predicted octanol–water partition coefficient (Wildman–Crippen LogP) is 1.34. The van der Waals surface area contributed by atoms with Crippen LogP contribution in [0.25, 0.3) is 0 Å². The average molecular weight is 274 g/mol. The Bertz CT molecular complexity index is 536. The highest BCUT2D eigenvalue weighted by atomic mass is 16.5. The summed E-state index contributed by atoms with van der Waals surface area (Å²) < 4.78 is 5.29. The second kappa shape index (κ2) is 5.63. The highest BCUT2D eigenvalue weighted by Crippen LogP contribution is 2.23. The number of benzene rings is 1. The van der Waals surface area contributed by atoms with Crippen LogP contribution in [-0.4, -0.2) is 31.6 Å². The lowest BCUT2D eigenvalue weighted by Gasteiger charge is -2.17. The average Bonchev–Trinajstić information content (AvgIpc) is 2.97. The number of ether oxygens (including phenoxy) is 1. The molecule has 0 spiro atoms. The molecule has 1 atom stereocenters. The van der Waals surface area contributed by atoms with Crippen LogP contribution in [-0.2, 0) is 16.0 Å². The minimum atomic E-state index is -0.0587. The fraction of sp³-hybridized carbons (Fsp3) is 0.467. The van der Waals surface area contributed by atoms with E-state index in [0.717, 1.165) is 30.9 Å². The molecule has 2 aliphatic heterocycles. The number of anilines is 1. The second-order valence-corrected chi connectivity index (χ2v) is 5.36. The Kier molecular flexibility index (Phi) is 3.69. The van der Waals surface area contributed by atoms with Crippen molar-refractivity contribution in [3.8, 4) is 0 Å². The molecule has 2 aliphatic rings. The normalized spacial score (nSPS) is 21.2. The number of amides is 2. The van der Waals surface area contributed by atoms with Crippen molar-refractivity contribution < 1.29 is 14.3 Å². The van der Waals surface area contributed by atoms with Crippen molar-refractivity contribution in [2.75, 3.05) is 25.1 Å². The summed E-state index contributed by atoms with van der Waals surface area (Å²) >= 11 is 0. The van der Waals surface area contributed by atoms with Gasteiger partial charge in [-0.05, 0) is 36.6 Å². The van der Waals surface area contributed by atoms with E-state index in [4.69, 9.17) is 4.74 Å². The monoisotopic (exact) mass is 274 g/mol. The van der Waals surface area contributed by atoms with Crippen LogP contribution in [0.2, 0.25) is 0 Å². The van der Waals surface area contributed by atoms with Gasteiger partial charge >= 0.3 is 0 Å². The van der Waals surface area contributed by atoms with Crippen molar-refractivity contribution in [3.05, 3.63) is 29.3 Å².